The van der Waals surface area contributed by atoms with Crippen LogP contribution >= 0.6 is 0 Å². The fourth-order valence-electron chi connectivity index (χ4n) is 2.84. The van der Waals surface area contributed by atoms with Gasteiger partial charge in [-0.05, 0) is 39.4 Å². The quantitative estimate of drug-likeness (QED) is 0.760. The molecule has 5 nitrogen and oxygen atoms in total. The molecule has 108 valence electrons. The van der Waals surface area contributed by atoms with Crippen LogP contribution in [0.25, 0.3) is 0 Å². The predicted molar refractivity (Wildman–Crippen MR) is 76.8 cm³/mol. The number of hydrogen-bond donors (Lipinski definition) is 1. The zero-order chi connectivity index (χ0) is 13.5. The molecule has 0 atom stereocenters. The Labute approximate surface area is 116 Å². The van der Waals surface area contributed by atoms with Crippen molar-refractivity contribution in [3.8, 4) is 0 Å². The highest BCUT2D eigenvalue weighted by molar-refractivity contribution is 4.82. The predicted octanol–water partition coefficient (Wildman–Crippen LogP) is 1.56. The maximum absolute atomic E-state index is 4.20. The molecule has 0 aliphatic heterocycles. The van der Waals surface area contributed by atoms with E-state index in [1.54, 1.807) is 6.33 Å². The summed E-state index contributed by atoms with van der Waals surface area (Å²) >= 11 is 0. The van der Waals surface area contributed by atoms with Crippen molar-refractivity contribution >= 4 is 0 Å². The van der Waals surface area contributed by atoms with Crippen molar-refractivity contribution in [3.63, 3.8) is 0 Å². The molecular weight excluding hydrogens is 238 g/mol. The molecule has 1 aliphatic carbocycles. The van der Waals surface area contributed by atoms with E-state index in [4.69, 9.17) is 0 Å². The minimum atomic E-state index is 0.809. The summed E-state index contributed by atoms with van der Waals surface area (Å²) < 4.78 is 1.82. The van der Waals surface area contributed by atoms with E-state index < -0.39 is 0 Å². The summed E-state index contributed by atoms with van der Waals surface area (Å²) in [4.78, 5) is 6.75. The Morgan fingerprint density at radius 2 is 2.16 bits per heavy atom. The van der Waals surface area contributed by atoms with Crippen molar-refractivity contribution in [2.24, 2.45) is 7.05 Å². The first-order chi connectivity index (χ1) is 9.27. The Balaban J connectivity index is 1.55. The standard InChI is InChI=1S/C14H27N5/c1-18(13-7-4-3-5-8-13)10-6-9-15-11-14-16-12-17-19(14)2/h12-13,15H,3-11H2,1-2H3. The molecule has 1 aromatic rings. The van der Waals surface area contributed by atoms with Crippen LogP contribution in [0.15, 0.2) is 6.33 Å². The Hall–Kier alpha value is -0.940. The van der Waals surface area contributed by atoms with Gasteiger partial charge in [-0.25, -0.2) is 4.98 Å². The largest absolute Gasteiger partial charge is 0.310 e. The van der Waals surface area contributed by atoms with Gasteiger partial charge < -0.3 is 10.2 Å². The second-order valence-electron chi connectivity index (χ2n) is 5.60. The molecule has 0 aromatic carbocycles. The first-order valence-electron chi connectivity index (χ1n) is 7.51. The Kier molecular flexibility index (Phi) is 5.79. The number of rotatable bonds is 7. The van der Waals surface area contributed by atoms with E-state index in [0.717, 1.165) is 25.0 Å². The molecule has 0 radical (unpaired) electrons. The molecule has 1 aromatic heterocycles. The van der Waals surface area contributed by atoms with Crippen LogP contribution in [0.1, 0.15) is 44.3 Å². The smallest absolute Gasteiger partial charge is 0.140 e. The lowest BCUT2D eigenvalue weighted by molar-refractivity contribution is 0.189. The fourth-order valence-corrected chi connectivity index (χ4v) is 2.84. The van der Waals surface area contributed by atoms with Crippen molar-refractivity contribution in [1.29, 1.82) is 0 Å². The lowest BCUT2D eigenvalue weighted by atomic mass is 9.94. The lowest BCUT2D eigenvalue weighted by Gasteiger charge is -2.31. The van der Waals surface area contributed by atoms with Crippen LogP contribution < -0.4 is 5.32 Å². The molecule has 0 unspecified atom stereocenters. The average molecular weight is 265 g/mol. The molecule has 0 saturated heterocycles. The summed E-state index contributed by atoms with van der Waals surface area (Å²) in [5, 5.41) is 7.50. The van der Waals surface area contributed by atoms with Crippen LogP contribution in [0.2, 0.25) is 0 Å². The molecule has 0 amide bonds. The van der Waals surface area contributed by atoms with Gasteiger partial charge in [-0.15, -0.1) is 0 Å². The maximum Gasteiger partial charge on any atom is 0.140 e. The van der Waals surface area contributed by atoms with Crippen LogP contribution in [0.4, 0.5) is 0 Å². The highest BCUT2D eigenvalue weighted by Gasteiger charge is 2.17. The zero-order valence-corrected chi connectivity index (χ0v) is 12.3. The molecule has 1 N–H and O–H groups in total. The van der Waals surface area contributed by atoms with Gasteiger partial charge >= 0.3 is 0 Å². The number of aryl methyl sites for hydroxylation is 1. The third kappa shape index (κ3) is 4.58. The highest BCUT2D eigenvalue weighted by atomic mass is 15.3. The molecule has 1 aliphatic rings. The van der Waals surface area contributed by atoms with Crippen molar-refractivity contribution in [3.05, 3.63) is 12.2 Å². The minimum Gasteiger partial charge on any atom is -0.310 e. The maximum atomic E-state index is 4.20. The van der Waals surface area contributed by atoms with Gasteiger partial charge in [0, 0.05) is 13.1 Å². The van der Waals surface area contributed by atoms with E-state index in [1.165, 1.54) is 45.1 Å². The van der Waals surface area contributed by atoms with Crippen molar-refractivity contribution in [2.45, 2.75) is 51.1 Å². The number of aromatic nitrogens is 3. The van der Waals surface area contributed by atoms with Gasteiger partial charge in [0.2, 0.25) is 0 Å². The van der Waals surface area contributed by atoms with Crippen LogP contribution in [0.3, 0.4) is 0 Å². The molecular formula is C14H27N5. The minimum absolute atomic E-state index is 0.809. The number of nitrogens with one attached hydrogen (secondary N) is 1. The summed E-state index contributed by atoms with van der Waals surface area (Å²) in [6, 6.07) is 0.826. The van der Waals surface area contributed by atoms with E-state index in [0.29, 0.717) is 0 Å². The van der Waals surface area contributed by atoms with E-state index in [-0.39, 0.29) is 0 Å². The van der Waals surface area contributed by atoms with Gasteiger partial charge in [0.05, 0.1) is 6.54 Å². The molecule has 1 saturated carbocycles. The summed E-state index contributed by atoms with van der Waals surface area (Å²) in [5.41, 5.74) is 0. The zero-order valence-electron chi connectivity index (χ0n) is 12.3. The molecule has 1 fully saturated rings. The number of hydrogen-bond acceptors (Lipinski definition) is 4. The second kappa shape index (κ2) is 7.60. The van der Waals surface area contributed by atoms with Gasteiger partial charge in [0.25, 0.3) is 0 Å². The highest BCUT2D eigenvalue weighted by Crippen LogP contribution is 2.21. The van der Waals surface area contributed by atoms with Crippen molar-refractivity contribution < 1.29 is 0 Å². The molecule has 0 spiro atoms. The fraction of sp³-hybridized carbons (Fsp3) is 0.857. The topological polar surface area (TPSA) is 46.0 Å². The van der Waals surface area contributed by atoms with Gasteiger partial charge in [-0.3, -0.25) is 4.68 Å². The van der Waals surface area contributed by atoms with E-state index >= 15 is 0 Å². The molecule has 5 heteroatoms. The van der Waals surface area contributed by atoms with Gasteiger partial charge in [-0.2, -0.15) is 5.10 Å². The van der Waals surface area contributed by atoms with Gasteiger partial charge in [-0.1, -0.05) is 19.3 Å². The van der Waals surface area contributed by atoms with E-state index in [1.807, 2.05) is 11.7 Å². The summed E-state index contributed by atoms with van der Waals surface area (Å²) in [6.45, 7) is 3.05. The monoisotopic (exact) mass is 265 g/mol. The normalized spacial score (nSPS) is 17.2. The summed E-state index contributed by atoms with van der Waals surface area (Å²) in [6.07, 6.45) is 9.85. The van der Waals surface area contributed by atoms with Crippen LogP contribution in [-0.2, 0) is 13.6 Å². The Bertz CT molecular complexity index is 356. The van der Waals surface area contributed by atoms with Crippen molar-refractivity contribution in [1.82, 2.24) is 25.0 Å². The summed E-state index contributed by atoms with van der Waals surface area (Å²) in [7, 11) is 4.21. The van der Waals surface area contributed by atoms with Gasteiger partial charge in [0.15, 0.2) is 0 Å². The number of nitrogens with zero attached hydrogens (tertiary/aromatic N) is 4. The van der Waals surface area contributed by atoms with E-state index in [9.17, 15) is 0 Å². The molecule has 19 heavy (non-hydrogen) atoms. The van der Waals surface area contributed by atoms with Crippen LogP contribution in [0.5, 0.6) is 0 Å². The lowest BCUT2D eigenvalue weighted by Crippen LogP contribution is -2.35. The van der Waals surface area contributed by atoms with Crippen LogP contribution in [0, 0.1) is 0 Å². The molecule has 0 bridgehead atoms. The average Bonchev–Trinajstić information content (AvgIpc) is 2.85. The third-order valence-corrected chi connectivity index (χ3v) is 4.15. The van der Waals surface area contributed by atoms with E-state index in [2.05, 4.69) is 27.3 Å². The first kappa shape index (κ1) is 14.5. The second-order valence-corrected chi connectivity index (χ2v) is 5.60. The molecule has 2 rings (SSSR count). The third-order valence-electron chi connectivity index (χ3n) is 4.15. The van der Waals surface area contributed by atoms with Gasteiger partial charge in [0.1, 0.15) is 12.2 Å². The van der Waals surface area contributed by atoms with Crippen LogP contribution in [-0.4, -0.2) is 45.8 Å². The first-order valence-corrected chi connectivity index (χ1v) is 7.51. The Morgan fingerprint density at radius 3 is 2.84 bits per heavy atom. The van der Waals surface area contributed by atoms with Crippen molar-refractivity contribution in [2.75, 3.05) is 20.1 Å². The molecule has 1 heterocycles. The Morgan fingerprint density at radius 1 is 1.37 bits per heavy atom. The summed E-state index contributed by atoms with van der Waals surface area (Å²) in [5.74, 6) is 1.00. The SMILES string of the molecule is CN(CCCNCc1ncnn1C)C1CCCCC1.